The van der Waals surface area contributed by atoms with Gasteiger partial charge in [-0.1, -0.05) is 137 Å². The maximum Gasteiger partial charge on any atom is 0.144 e. The molecule has 13 rings (SSSR count). The molecule has 3 heteroatoms. The fraction of sp³-hybridized carbons (Fsp3) is 0.417. The summed E-state index contributed by atoms with van der Waals surface area (Å²) >= 11 is 0. The molecule has 0 aliphatic heterocycles. The first kappa shape index (κ1) is 39.4. The normalized spacial score (nSPS) is 20.9. The van der Waals surface area contributed by atoms with Gasteiger partial charge in [-0.2, -0.15) is 0 Å². The number of pyridine rings is 1. The van der Waals surface area contributed by atoms with Crippen LogP contribution in [0.3, 0.4) is 0 Å². The van der Waals surface area contributed by atoms with E-state index in [4.69, 9.17) is 9.40 Å². The Hall–Kier alpha value is -5.15. The van der Waals surface area contributed by atoms with Gasteiger partial charge in [0.1, 0.15) is 11.2 Å². The van der Waals surface area contributed by atoms with Crippen molar-refractivity contribution in [1.29, 1.82) is 0 Å². The second-order valence-corrected chi connectivity index (χ2v) is 24.7. The molecule has 0 amide bonds. The molecule has 63 heavy (non-hydrogen) atoms. The summed E-state index contributed by atoms with van der Waals surface area (Å²) in [6, 6.07) is 28.2. The molecule has 0 atom stereocenters. The average Bonchev–Trinajstić information content (AvgIpc) is 3.92. The molecule has 4 aromatic heterocycles. The lowest BCUT2D eigenvalue weighted by atomic mass is 9.52. The van der Waals surface area contributed by atoms with Gasteiger partial charge in [-0.15, -0.1) is 0 Å². The van der Waals surface area contributed by atoms with Crippen LogP contribution in [-0.2, 0) is 21.7 Å². The van der Waals surface area contributed by atoms with Gasteiger partial charge in [0.05, 0.1) is 28.4 Å². The third-order valence-electron chi connectivity index (χ3n) is 16.5. The van der Waals surface area contributed by atoms with Crippen molar-refractivity contribution in [1.82, 2.24) is 9.38 Å². The van der Waals surface area contributed by atoms with Crippen molar-refractivity contribution < 1.29 is 4.42 Å². The van der Waals surface area contributed by atoms with E-state index in [1.165, 1.54) is 125 Å². The van der Waals surface area contributed by atoms with Gasteiger partial charge in [-0.25, -0.2) is 0 Å². The minimum atomic E-state index is -0.270. The second-order valence-electron chi connectivity index (χ2n) is 24.7. The van der Waals surface area contributed by atoms with Crippen molar-refractivity contribution >= 4 is 60.0 Å². The van der Waals surface area contributed by atoms with Crippen molar-refractivity contribution in [3.05, 3.63) is 118 Å². The molecule has 2 bridgehead atoms. The third kappa shape index (κ3) is 5.12. The van der Waals surface area contributed by atoms with Gasteiger partial charge in [-0.05, 0) is 136 Å². The highest BCUT2D eigenvalue weighted by molar-refractivity contribution is 6.41. The van der Waals surface area contributed by atoms with E-state index < -0.39 is 0 Å². The van der Waals surface area contributed by atoms with E-state index in [2.05, 4.69) is 173 Å². The van der Waals surface area contributed by atoms with E-state index in [0.717, 1.165) is 24.0 Å². The van der Waals surface area contributed by atoms with Gasteiger partial charge in [0.15, 0.2) is 0 Å². The van der Waals surface area contributed by atoms with Crippen molar-refractivity contribution in [2.75, 3.05) is 0 Å². The molecule has 320 valence electrons. The summed E-state index contributed by atoms with van der Waals surface area (Å²) in [5.41, 5.74) is 21.0. The number of nitrogens with zero attached hydrogens (tertiary/aromatic N) is 2. The fourth-order valence-corrected chi connectivity index (χ4v) is 14.0. The average molecular weight is 829 g/mol. The summed E-state index contributed by atoms with van der Waals surface area (Å²) in [5, 5.41) is 7.87. The van der Waals surface area contributed by atoms with Crippen LogP contribution in [0.4, 0.5) is 0 Å². The van der Waals surface area contributed by atoms with Crippen LogP contribution in [0.25, 0.3) is 82.3 Å². The van der Waals surface area contributed by atoms with Gasteiger partial charge in [0.2, 0.25) is 0 Å². The van der Waals surface area contributed by atoms with E-state index in [1.54, 1.807) is 11.1 Å². The van der Waals surface area contributed by atoms with Crippen LogP contribution in [-0.4, -0.2) is 9.38 Å². The topological polar surface area (TPSA) is 30.4 Å². The van der Waals surface area contributed by atoms with Gasteiger partial charge in [0, 0.05) is 48.9 Å². The largest absolute Gasteiger partial charge is 0.455 e. The van der Waals surface area contributed by atoms with Crippen molar-refractivity contribution in [3.8, 4) is 22.3 Å². The van der Waals surface area contributed by atoms with Crippen molar-refractivity contribution in [2.24, 2.45) is 10.8 Å². The molecule has 4 aliphatic carbocycles. The smallest absolute Gasteiger partial charge is 0.144 e. The molecule has 0 N–H and O–H groups in total. The SMILES string of the molecule is Cc1cccc(C)c1-c1c2oc3ccccc3c2c2c3c4c(ncc3n3c5ccc6c(c5c1c23)C1(C)CCC6(C)CC1)C(CC(C)(C)C)(CC(C)(C)C)c1cc(C(C)(C)C)ccc1-4. The molecule has 3 nitrogen and oxygen atoms in total. The standard InChI is InChI=1S/C60H64N2O/c1-33-17-16-18-34(2)43(33)50-49-47-40(24-23-38-51(47)59(13)27-25-58(38,12)26-28-59)62-41-30-61-54-45(46(41)48(52(49)62)44-37-19-14-15-20-42(37)63-53(44)50)36-22-21-35(57(9,10)11)29-39(36)60(54,31-55(3,4)5)32-56(6,7)8/h14-24,29-30H,25-28,31-32H2,1-13H3. The van der Waals surface area contributed by atoms with Crippen LogP contribution in [0.2, 0.25) is 0 Å². The van der Waals surface area contributed by atoms with Crippen LogP contribution in [0.1, 0.15) is 154 Å². The number of fused-ring (bicyclic) bond motifs is 16. The molecule has 4 heterocycles. The Bertz CT molecular complexity index is 3410. The number of benzene rings is 5. The number of aromatic nitrogens is 2. The summed E-state index contributed by atoms with van der Waals surface area (Å²) in [4.78, 5) is 5.86. The summed E-state index contributed by atoms with van der Waals surface area (Å²) in [7, 11) is 0. The summed E-state index contributed by atoms with van der Waals surface area (Å²) in [6.45, 7) is 31.4. The lowest BCUT2D eigenvalue weighted by Crippen LogP contribution is -2.44. The lowest BCUT2D eigenvalue weighted by Gasteiger charge is -2.52. The molecule has 0 spiro atoms. The van der Waals surface area contributed by atoms with Crippen LogP contribution >= 0.6 is 0 Å². The summed E-state index contributed by atoms with van der Waals surface area (Å²) < 4.78 is 10.1. The molecular weight excluding hydrogens is 765 g/mol. The van der Waals surface area contributed by atoms with Gasteiger partial charge in [0.25, 0.3) is 0 Å². The van der Waals surface area contributed by atoms with E-state index in [9.17, 15) is 0 Å². The van der Waals surface area contributed by atoms with Crippen LogP contribution in [0.5, 0.6) is 0 Å². The Morgan fingerprint density at radius 3 is 1.95 bits per heavy atom. The number of aryl methyl sites for hydroxylation is 2. The molecule has 0 radical (unpaired) electrons. The zero-order chi connectivity index (χ0) is 44.1. The van der Waals surface area contributed by atoms with Gasteiger partial charge in [-0.3, -0.25) is 4.98 Å². The van der Waals surface area contributed by atoms with Crippen molar-refractivity contribution in [3.63, 3.8) is 0 Å². The highest BCUT2D eigenvalue weighted by Gasteiger charge is 2.52. The summed E-state index contributed by atoms with van der Waals surface area (Å²) in [5.74, 6) is 0. The van der Waals surface area contributed by atoms with Gasteiger partial charge >= 0.3 is 0 Å². The van der Waals surface area contributed by atoms with E-state index in [1.807, 2.05) is 0 Å². The number of para-hydroxylation sites is 1. The maximum atomic E-state index is 7.40. The maximum absolute atomic E-state index is 7.40. The van der Waals surface area contributed by atoms with Crippen LogP contribution in [0, 0.1) is 24.7 Å². The first-order valence-electron chi connectivity index (χ1n) is 23.9. The number of furan rings is 1. The highest BCUT2D eigenvalue weighted by atomic mass is 16.3. The zero-order valence-corrected chi connectivity index (χ0v) is 40.1. The zero-order valence-electron chi connectivity index (χ0n) is 40.1. The summed E-state index contributed by atoms with van der Waals surface area (Å²) in [6.07, 6.45) is 9.28. The predicted molar refractivity (Wildman–Crippen MR) is 267 cm³/mol. The number of hydrogen-bond donors (Lipinski definition) is 0. The molecule has 4 aliphatic rings. The Kier molecular flexibility index (Phi) is 7.60. The molecule has 5 aromatic carbocycles. The molecule has 1 fully saturated rings. The second kappa shape index (κ2) is 12.1. The predicted octanol–water partition coefficient (Wildman–Crippen LogP) is 17.0. The first-order valence-corrected chi connectivity index (χ1v) is 23.9. The van der Waals surface area contributed by atoms with E-state index in [-0.39, 0.29) is 32.5 Å². The van der Waals surface area contributed by atoms with Gasteiger partial charge < -0.3 is 8.82 Å². The molecule has 1 saturated carbocycles. The number of rotatable bonds is 3. The highest BCUT2D eigenvalue weighted by Crippen LogP contribution is 2.64. The van der Waals surface area contributed by atoms with Crippen LogP contribution < -0.4 is 0 Å². The number of hydrogen-bond acceptors (Lipinski definition) is 2. The first-order chi connectivity index (χ1) is 29.6. The Balaban J connectivity index is 1.38. The van der Waals surface area contributed by atoms with E-state index in [0.29, 0.717) is 0 Å². The van der Waals surface area contributed by atoms with Crippen LogP contribution in [0.15, 0.2) is 83.4 Å². The fourth-order valence-electron chi connectivity index (χ4n) is 14.0. The molecular formula is C60H64N2O. The Morgan fingerprint density at radius 1 is 0.619 bits per heavy atom. The monoisotopic (exact) mass is 829 g/mol. The molecule has 0 saturated heterocycles. The molecule has 9 aromatic rings. The quantitative estimate of drug-likeness (QED) is 0.178. The van der Waals surface area contributed by atoms with E-state index >= 15 is 0 Å². The Labute approximate surface area is 373 Å². The Morgan fingerprint density at radius 2 is 1.29 bits per heavy atom. The van der Waals surface area contributed by atoms with Crippen molar-refractivity contribution in [2.45, 2.75) is 150 Å². The minimum absolute atomic E-state index is 0.00942. The third-order valence-corrected chi connectivity index (χ3v) is 16.5. The molecule has 0 unspecified atom stereocenters. The minimum Gasteiger partial charge on any atom is -0.455 e. The lowest BCUT2D eigenvalue weighted by molar-refractivity contribution is 0.190.